The van der Waals surface area contributed by atoms with Gasteiger partial charge in [-0.25, -0.2) is 4.39 Å². The summed E-state index contributed by atoms with van der Waals surface area (Å²) in [5.74, 6) is -0.974. The summed E-state index contributed by atoms with van der Waals surface area (Å²) in [6.07, 6.45) is 0. The van der Waals surface area contributed by atoms with Crippen LogP contribution in [0.15, 0.2) is 23.3 Å². The average molecular weight is 290 g/mol. The third-order valence-corrected chi connectivity index (χ3v) is 2.98. The van der Waals surface area contributed by atoms with Gasteiger partial charge in [0.05, 0.1) is 18.9 Å². The van der Waals surface area contributed by atoms with Crippen molar-refractivity contribution in [3.05, 3.63) is 24.0 Å². The Balaban J connectivity index is 2.30. The van der Waals surface area contributed by atoms with Gasteiger partial charge in [-0.2, -0.15) is 10.4 Å². The lowest BCUT2D eigenvalue weighted by Gasteiger charge is -2.30. The first-order valence-corrected chi connectivity index (χ1v) is 6.33. The van der Waals surface area contributed by atoms with Gasteiger partial charge in [-0.15, -0.1) is 0 Å². The van der Waals surface area contributed by atoms with Gasteiger partial charge in [0.15, 0.2) is 5.84 Å². The second-order valence-electron chi connectivity index (χ2n) is 4.33. The maximum absolute atomic E-state index is 14.0. The minimum Gasteiger partial charge on any atom is -0.382 e. The zero-order valence-electron chi connectivity index (χ0n) is 11.3. The van der Waals surface area contributed by atoms with Crippen LogP contribution in [0.2, 0.25) is 0 Å². The van der Waals surface area contributed by atoms with E-state index in [0.29, 0.717) is 32.0 Å². The predicted octanol–water partition coefficient (Wildman–Crippen LogP) is 0.890. The molecule has 2 rings (SSSR count). The number of morpholine rings is 1. The van der Waals surface area contributed by atoms with Crippen LogP contribution in [0, 0.1) is 22.6 Å². The number of nitrogens with one attached hydrogen (secondary N) is 2. The number of hydrogen-bond donors (Lipinski definition) is 3. The Labute approximate surface area is 121 Å². The number of rotatable bonds is 4. The Bertz CT molecular complexity index is 603. The molecular weight excluding hydrogens is 275 g/mol. The highest BCUT2D eigenvalue weighted by atomic mass is 19.1. The van der Waals surface area contributed by atoms with Gasteiger partial charge >= 0.3 is 0 Å². The van der Waals surface area contributed by atoms with E-state index in [-0.39, 0.29) is 11.4 Å². The van der Waals surface area contributed by atoms with Crippen molar-refractivity contribution in [1.29, 1.82) is 10.7 Å². The first kappa shape index (κ1) is 14.7. The van der Waals surface area contributed by atoms with Crippen molar-refractivity contribution in [2.24, 2.45) is 10.8 Å². The topological polar surface area (TPSA) is 111 Å². The minimum atomic E-state index is -0.497. The second kappa shape index (κ2) is 6.67. The van der Waals surface area contributed by atoms with Crippen LogP contribution in [0.5, 0.6) is 0 Å². The average Bonchev–Trinajstić information content (AvgIpc) is 2.49. The molecule has 1 heterocycles. The molecule has 0 unspecified atom stereocenters. The van der Waals surface area contributed by atoms with Crippen LogP contribution in [0.1, 0.15) is 0 Å². The molecule has 8 heteroatoms. The lowest BCUT2D eigenvalue weighted by molar-refractivity contribution is 0.122. The van der Waals surface area contributed by atoms with Crippen molar-refractivity contribution in [1.82, 2.24) is 0 Å². The van der Waals surface area contributed by atoms with E-state index < -0.39 is 11.7 Å². The first-order valence-electron chi connectivity index (χ1n) is 6.33. The maximum Gasteiger partial charge on any atom is 0.201 e. The number of hydrogen-bond acceptors (Lipinski definition) is 6. The molecule has 0 amide bonds. The van der Waals surface area contributed by atoms with E-state index in [4.69, 9.17) is 21.1 Å². The Kier molecular flexibility index (Phi) is 4.68. The van der Waals surface area contributed by atoms with Gasteiger partial charge in [0, 0.05) is 13.1 Å². The third-order valence-electron chi connectivity index (χ3n) is 2.98. The summed E-state index contributed by atoms with van der Waals surface area (Å²) >= 11 is 0. The van der Waals surface area contributed by atoms with Crippen LogP contribution in [-0.4, -0.2) is 37.9 Å². The molecule has 0 saturated carbocycles. The fourth-order valence-corrected chi connectivity index (χ4v) is 1.95. The summed E-state index contributed by atoms with van der Waals surface area (Å²) < 4.78 is 19.3. The molecule has 0 bridgehead atoms. The molecule has 110 valence electrons. The smallest absolute Gasteiger partial charge is 0.201 e. The van der Waals surface area contributed by atoms with Crippen molar-refractivity contribution in [2.45, 2.75) is 0 Å². The second-order valence-corrected chi connectivity index (χ2v) is 4.33. The number of ether oxygens (including phenoxy) is 1. The van der Waals surface area contributed by atoms with Gasteiger partial charge in [0.2, 0.25) is 5.71 Å². The van der Waals surface area contributed by atoms with Gasteiger partial charge in [0.1, 0.15) is 17.6 Å². The van der Waals surface area contributed by atoms with E-state index >= 15 is 0 Å². The van der Waals surface area contributed by atoms with Crippen LogP contribution in [-0.2, 0) is 4.74 Å². The molecular formula is C13H15FN6O. The number of nitrogens with two attached hydrogens (primary N) is 1. The molecule has 0 aliphatic carbocycles. The quantitative estimate of drug-likeness (QED) is 0.433. The molecule has 0 spiro atoms. The summed E-state index contributed by atoms with van der Waals surface area (Å²) in [7, 11) is 0. The third kappa shape index (κ3) is 3.46. The molecule has 0 atom stereocenters. The number of amidine groups is 1. The summed E-state index contributed by atoms with van der Waals surface area (Å²) in [5, 5.41) is 19.7. The van der Waals surface area contributed by atoms with Crippen LogP contribution in [0.3, 0.4) is 0 Å². The van der Waals surface area contributed by atoms with Crippen LogP contribution in [0.4, 0.5) is 15.8 Å². The SMILES string of the molecule is N#C/C(=N\Nc1c(F)cccc1N1CCOCC1)C(=N)N. The molecule has 1 fully saturated rings. The molecule has 0 radical (unpaired) electrons. The van der Waals surface area contributed by atoms with E-state index in [1.54, 1.807) is 18.2 Å². The summed E-state index contributed by atoms with van der Waals surface area (Å²) in [6, 6.07) is 6.32. The molecule has 1 saturated heterocycles. The zero-order valence-corrected chi connectivity index (χ0v) is 11.3. The van der Waals surface area contributed by atoms with Gasteiger partial charge < -0.3 is 15.4 Å². The molecule has 1 aromatic carbocycles. The number of hydrazone groups is 1. The largest absolute Gasteiger partial charge is 0.382 e. The van der Waals surface area contributed by atoms with E-state index in [1.807, 2.05) is 4.90 Å². The van der Waals surface area contributed by atoms with Crippen LogP contribution in [0.25, 0.3) is 0 Å². The van der Waals surface area contributed by atoms with Gasteiger partial charge in [-0.1, -0.05) is 6.07 Å². The monoisotopic (exact) mass is 290 g/mol. The van der Waals surface area contributed by atoms with Gasteiger partial charge in [-0.05, 0) is 12.1 Å². The van der Waals surface area contributed by atoms with Crippen molar-refractivity contribution < 1.29 is 9.13 Å². The Morgan fingerprint density at radius 2 is 2.19 bits per heavy atom. The normalized spacial score (nSPS) is 15.4. The molecule has 1 aromatic rings. The fourth-order valence-electron chi connectivity index (χ4n) is 1.95. The maximum atomic E-state index is 14.0. The van der Waals surface area contributed by atoms with Crippen molar-refractivity contribution in [3.63, 3.8) is 0 Å². The lowest BCUT2D eigenvalue weighted by Crippen LogP contribution is -2.36. The van der Waals surface area contributed by atoms with Crippen molar-refractivity contribution in [3.8, 4) is 6.07 Å². The predicted molar refractivity (Wildman–Crippen MR) is 78.0 cm³/mol. The number of halogens is 1. The number of anilines is 2. The summed E-state index contributed by atoms with van der Waals surface area (Å²) in [6.45, 7) is 2.41. The molecule has 1 aliphatic heterocycles. The minimum absolute atomic E-state index is 0.147. The van der Waals surface area contributed by atoms with E-state index in [2.05, 4.69) is 10.5 Å². The van der Waals surface area contributed by atoms with Crippen molar-refractivity contribution in [2.75, 3.05) is 36.6 Å². The molecule has 0 aromatic heterocycles. The summed E-state index contributed by atoms with van der Waals surface area (Å²) in [4.78, 5) is 1.96. The van der Waals surface area contributed by atoms with E-state index in [9.17, 15) is 4.39 Å². The number of nitrogens with zero attached hydrogens (tertiary/aromatic N) is 3. The van der Waals surface area contributed by atoms with Crippen molar-refractivity contribution >= 4 is 22.9 Å². The van der Waals surface area contributed by atoms with E-state index in [1.165, 1.54) is 6.07 Å². The van der Waals surface area contributed by atoms with Crippen LogP contribution < -0.4 is 16.1 Å². The highest BCUT2D eigenvalue weighted by Crippen LogP contribution is 2.29. The first-order chi connectivity index (χ1) is 10.1. The Morgan fingerprint density at radius 1 is 1.48 bits per heavy atom. The lowest BCUT2D eigenvalue weighted by atomic mass is 10.2. The molecule has 21 heavy (non-hydrogen) atoms. The number of para-hydroxylation sites is 1. The molecule has 7 nitrogen and oxygen atoms in total. The Morgan fingerprint density at radius 3 is 2.81 bits per heavy atom. The van der Waals surface area contributed by atoms with Gasteiger partial charge in [0.25, 0.3) is 0 Å². The highest BCUT2D eigenvalue weighted by molar-refractivity contribution is 6.45. The number of nitriles is 1. The standard InChI is InChI=1S/C13H15FN6O/c14-9-2-1-3-11(20-4-6-21-7-5-20)12(9)19-18-10(8-15)13(16)17/h1-3,19H,4-7H2,(H3,16,17)/b18-10+. The van der Waals surface area contributed by atoms with Crippen LogP contribution >= 0.6 is 0 Å². The zero-order chi connectivity index (χ0) is 15.2. The van der Waals surface area contributed by atoms with Gasteiger partial charge in [-0.3, -0.25) is 10.8 Å². The Hall–Kier alpha value is -2.66. The van der Waals surface area contributed by atoms with E-state index in [0.717, 1.165) is 0 Å². The molecule has 4 N–H and O–H groups in total. The molecule has 1 aliphatic rings. The number of benzene rings is 1. The summed E-state index contributed by atoms with van der Waals surface area (Å²) in [5.41, 5.74) is 8.17. The highest BCUT2D eigenvalue weighted by Gasteiger charge is 2.17. The fraction of sp³-hybridized carbons (Fsp3) is 0.308.